The fourth-order valence-electron chi connectivity index (χ4n) is 10.3. The monoisotopic (exact) mass is 801 g/mol. The van der Waals surface area contributed by atoms with Gasteiger partial charge in [-0.25, -0.2) is 14.4 Å². The number of aryl methyl sites for hydroxylation is 2. The smallest absolute Gasteiger partial charge is 0.354 e. The zero-order valence-electron chi connectivity index (χ0n) is 30.4. The van der Waals surface area contributed by atoms with E-state index in [9.17, 15) is 23.2 Å². The Balaban J connectivity index is 1.19. The standard InChI is InChI=1S/C42H37Cl2F4N7O/c1-20-28-16-32(39-24-12-26(54(39)41(56)21-7-8-21)19-53(18-24)33-15-25(9-11-50-33)42(46,47)48)55(38-23-14-31(38)51-17-23)40(28)29-13-22(4-3-10-49)34(36(45)37(29)52-20)27-5-2-6-30(43)35(27)44/h2,5-6,9,11,13,15-16,21,23-24,26,31,38-39,51H,3-4,7-8,12,14,17-19H2,1H3. The van der Waals surface area contributed by atoms with Crippen molar-refractivity contribution in [2.45, 2.75) is 75.8 Å². The number of alkyl halides is 3. The first kappa shape index (κ1) is 35.9. The summed E-state index contributed by atoms with van der Waals surface area (Å²) in [6.45, 7) is 3.52. The summed E-state index contributed by atoms with van der Waals surface area (Å²) in [6, 6.07) is 13.1. The van der Waals surface area contributed by atoms with Crippen LogP contribution in [0.1, 0.15) is 66.7 Å². The fraction of sp³-hybridized carbons (Fsp3) is 0.429. The lowest BCUT2D eigenvalue weighted by atomic mass is 9.79. The number of carbonyl (C=O) groups excluding carboxylic acids is 1. The van der Waals surface area contributed by atoms with Crippen molar-refractivity contribution < 1.29 is 22.4 Å². The van der Waals surface area contributed by atoms with Gasteiger partial charge >= 0.3 is 6.18 Å². The summed E-state index contributed by atoms with van der Waals surface area (Å²) in [5, 5.41) is 15.3. The maximum atomic E-state index is 17.3. The minimum atomic E-state index is -4.51. The summed E-state index contributed by atoms with van der Waals surface area (Å²) < 4.78 is 61.1. The highest BCUT2D eigenvalue weighted by Crippen LogP contribution is 2.54. The molecule has 14 heteroatoms. The second kappa shape index (κ2) is 13.0. The molecule has 6 unspecified atom stereocenters. The van der Waals surface area contributed by atoms with Crippen LogP contribution >= 0.6 is 23.2 Å². The second-order valence-corrected chi connectivity index (χ2v) is 17.0. The number of pyridine rings is 2. The van der Waals surface area contributed by atoms with Crippen molar-refractivity contribution in [2.24, 2.45) is 17.8 Å². The van der Waals surface area contributed by atoms with Gasteiger partial charge in [0.25, 0.3) is 0 Å². The number of piperidine rings is 1. The van der Waals surface area contributed by atoms with E-state index in [1.165, 1.54) is 6.20 Å². The van der Waals surface area contributed by atoms with Crippen LogP contribution in [0, 0.1) is 41.8 Å². The lowest BCUT2D eigenvalue weighted by Gasteiger charge is -2.40. The third-order valence-corrected chi connectivity index (χ3v) is 13.7. The van der Waals surface area contributed by atoms with E-state index in [1.54, 1.807) is 18.2 Å². The molecular weight excluding hydrogens is 765 g/mol. The molecule has 7 heterocycles. The number of nitrogens with zero attached hydrogens (tertiary/aromatic N) is 6. The van der Waals surface area contributed by atoms with Gasteiger partial charge in [-0.05, 0) is 80.8 Å². The normalized spacial score (nSPS) is 25.6. The first-order valence-electron chi connectivity index (χ1n) is 19.2. The number of nitriles is 1. The first-order chi connectivity index (χ1) is 26.9. The molecule has 1 amide bonds. The summed E-state index contributed by atoms with van der Waals surface area (Å²) in [7, 11) is 0. The molecule has 2 saturated carbocycles. The number of hydrogen-bond acceptors (Lipinski definition) is 6. The number of rotatable bonds is 7. The number of likely N-dealkylation sites (tertiary alicyclic amines) is 1. The SMILES string of the molecule is Cc1nc2c(F)c(-c3cccc(Cl)c3Cl)c(CCC#N)cc2c2c1cc(C1C3CC(CN(c4cc(C(F)(F)F)ccn4)C3)N1C(=O)C1CC1)n2C1C2CNC1C2. The molecule has 4 saturated heterocycles. The Labute approximate surface area is 330 Å². The number of halogens is 6. The third kappa shape index (κ3) is 5.52. The van der Waals surface area contributed by atoms with E-state index in [0.717, 1.165) is 54.5 Å². The van der Waals surface area contributed by atoms with Gasteiger partial charge < -0.3 is 19.7 Å². The van der Waals surface area contributed by atoms with Gasteiger partial charge in [-0.1, -0.05) is 35.3 Å². The molecule has 2 aliphatic carbocycles. The Morgan fingerprint density at radius 2 is 1.89 bits per heavy atom. The van der Waals surface area contributed by atoms with Gasteiger partial charge in [0.05, 0.1) is 45.3 Å². The predicted octanol–water partition coefficient (Wildman–Crippen LogP) is 9.20. The van der Waals surface area contributed by atoms with Crippen LogP contribution in [0.5, 0.6) is 0 Å². The van der Waals surface area contributed by atoms with Gasteiger partial charge in [0.1, 0.15) is 11.3 Å². The number of benzene rings is 2. The lowest BCUT2D eigenvalue weighted by Crippen LogP contribution is -2.45. The molecule has 11 rings (SSSR count). The van der Waals surface area contributed by atoms with E-state index < -0.39 is 17.6 Å². The molecule has 8 nitrogen and oxygen atoms in total. The van der Waals surface area contributed by atoms with Gasteiger partial charge in [0.2, 0.25) is 5.91 Å². The van der Waals surface area contributed by atoms with Crippen LogP contribution in [0.4, 0.5) is 23.4 Å². The first-order valence-corrected chi connectivity index (χ1v) is 20.0. The Bertz CT molecular complexity index is 2500. The summed E-state index contributed by atoms with van der Waals surface area (Å²) in [4.78, 5) is 27.6. The summed E-state index contributed by atoms with van der Waals surface area (Å²) >= 11 is 13.1. The van der Waals surface area contributed by atoms with E-state index in [1.807, 2.05) is 22.8 Å². The van der Waals surface area contributed by atoms with Crippen molar-refractivity contribution in [2.75, 3.05) is 24.5 Å². The van der Waals surface area contributed by atoms with Crippen LogP contribution in [0.3, 0.4) is 0 Å². The van der Waals surface area contributed by atoms with E-state index in [0.29, 0.717) is 47.6 Å². The summed E-state index contributed by atoms with van der Waals surface area (Å²) in [5.74, 6) is -0.0578. The van der Waals surface area contributed by atoms with Gasteiger partial charge in [0, 0.05) is 83.4 Å². The number of fused-ring (bicyclic) bond motifs is 6. The number of amides is 1. The van der Waals surface area contributed by atoms with E-state index in [2.05, 4.69) is 27.0 Å². The maximum Gasteiger partial charge on any atom is 0.416 e. The van der Waals surface area contributed by atoms with Gasteiger partial charge in [-0.15, -0.1) is 0 Å². The molecule has 56 heavy (non-hydrogen) atoms. The average molecular weight is 803 g/mol. The van der Waals surface area contributed by atoms with Crippen molar-refractivity contribution in [1.82, 2.24) is 24.8 Å². The highest BCUT2D eigenvalue weighted by molar-refractivity contribution is 6.43. The van der Waals surface area contributed by atoms with Crippen molar-refractivity contribution >= 4 is 56.7 Å². The number of nitrogens with one attached hydrogen (secondary N) is 1. The van der Waals surface area contributed by atoms with E-state index in [-0.39, 0.29) is 81.7 Å². The number of aromatic nitrogens is 3. The fourth-order valence-corrected chi connectivity index (χ4v) is 10.7. The van der Waals surface area contributed by atoms with E-state index in [4.69, 9.17) is 28.2 Å². The molecule has 288 valence electrons. The molecule has 4 aliphatic heterocycles. The molecule has 6 fully saturated rings. The molecule has 0 spiro atoms. The maximum absolute atomic E-state index is 17.3. The number of carbonyl (C=O) groups is 1. The highest BCUT2D eigenvalue weighted by Gasteiger charge is 2.55. The summed E-state index contributed by atoms with van der Waals surface area (Å²) in [5.41, 5.74) is 3.15. The Kier molecular flexibility index (Phi) is 8.37. The minimum Gasteiger partial charge on any atom is -0.354 e. The second-order valence-electron chi connectivity index (χ2n) is 16.2. The molecule has 3 aromatic heterocycles. The molecule has 6 aliphatic rings. The van der Waals surface area contributed by atoms with Crippen LogP contribution in [0.15, 0.2) is 48.7 Å². The highest BCUT2D eigenvalue weighted by atomic mass is 35.5. The third-order valence-electron chi connectivity index (χ3n) is 12.9. The van der Waals surface area contributed by atoms with Gasteiger partial charge in [-0.3, -0.25) is 4.79 Å². The molecule has 2 aromatic carbocycles. The summed E-state index contributed by atoms with van der Waals surface area (Å²) in [6.07, 6.45) is 0.464. The molecule has 5 aromatic rings. The van der Waals surface area contributed by atoms with Crippen LogP contribution in [-0.4, -0.2) is 57.1 Å². The quantitative estimate of drug-likeness (QED) is 0.165. The Morgan fingerprint density at radius 1 is 1.07 bits per heavy atom. The van der Waals surface area contributed by atoms with Crippen LogP contribution in [-0.2, 0) is 17.4 Å². The van der Waals surface area contributed by atoms with Crippen molar-refractivity contribution in [3.63, 3.8) is 0 Å². The predicted molar refractivity (Wildman–Crippen MR) is 206 cm³/mol. The largest absolute Gasteiger partial charge is 0.416 e. The van der Waals surface area contributed by atoms with Crippen molar-refractivity contribution in [3.05, 3.63) is 87.0 Å². The zero-order valence-corrected chi connectivity index (χ0v) is 31.9. The Morgan fingerprint density at radius 3 is 2.61 bits per heavy atom. The van der Waals surface area contributed by atoms with E-state index >= 15 is 4.39 Å². The molecular formula is C42H37Cl2F4N7O. The Hall–Kier alpha value is -4.44. The van der Waals surface area contributed by atoms with Crippen molar-refractivity contribution in [1.29, 1.82) is 5.26 Å². The minimum absolute atomic E-state index is 0.0414. The average Bonchev–Trinajstić information content (AvgIpc) is 3.46. The van der Waals surface area contributed by atoms with Crippen molar-refractivity contribution in [3.8, 4) is 17.2 Å². The van der Waals surface area contributed by atoms with Crippen LogP contribution in [0.2, 0.25) is 10.0 Å². The van der Waals surface area contributed by atoms with Gasteiger partial charge in [-0.2, -0.15) is 18.4 Å². The molecule has 0 radical (unpaired) electrons. The zero-order chi connectivity index (χ0) is 38.8. The van der Waals surface area contributed by atoms with Crippen LogP contribution in [0.25, 0.3) is 32.9 Å². The molecule has 4 bridgehead atoms. The van der Waals surface area contributed by atoms with Gasteiger partial charge in [0.15, 0.2) is 5.82 Å². The lowest BCUT2D eigenvalue weighted by molar-refractivity contribution is -0.137. The number of anilines is 1. The molecule has 1 N–H and O–H groups in total. The number of hydrogen-bond donors (Lipinski definition) is 1. The van der Waals surface area contributed by atoms with Crippen LogP contribution < -0.4 is 10.2 Å². The topological polar surface area (TPSA) is 90.1 Å². The molecule has 6 atom stereocenters.